The Hall–Kier alpha value is -6.54. The van der Waals surface area contributed by atoms with E-state index in [1.807, 2.05) is 11.3 Å². The van der Waals surface area contributed by atoms with Gasteiger partial charge in [-0.05, 0) is 111 Å². The van der Waals surface area contributed by atoms with Crippen molar-refractivity contribution in [2.45, 2.75) is 19.3 Å². The Morgan fingerprint density at radius 3 is 1.62 bits per heavy atom. The minimum absolute atomic E-state index is 0.0767. The van der Waals surface area contributed by atoms with Crippen LogP contribution in [0.2, 0.25) is 0 Å². The van der Waals surface area contributed by atoms with Gasteiger partial charge in [0.05, 0.1) is 0 Å². The lowest BCUT2D eigenvalue weighted by Crippen LogP contribution is -2.14. The predicted octanol–water partition coefficient (Wildman–Crippen LogP) is 16.0. The monoisotopic (exact) mass is 728 g/mol. The van der Waals surface area contributed by atoms with E-state index in [2.05, 4.69) is 196 Å². The highest BCUT2D eigenvalue weighted by atomic mass is 32.1. The van der Waals surface area contributed by atoms with Crippen LogP contribution in [-0.4, -0.2) is 0 Å². The third-order valence-electron chi connectivity index (χ3n) is 12.7. The smallest absolute Gasteiger partial charge is 0.0434 e. The molecule has 56 heavy (non-hydrogen) atoms. The fourth-order valence-electron chi connectivity index (χ4n) is 10.0. The molecule has 0 saturated heterocycles. The first-order valence-electron chi connectivity index (χ1n) is 19.6. The molecule has 0 aliphatic heterocycles. The van der Waals surface area contributed by atoms with Gasteiger partial charge in [0.25, 0.3) is 0 Å². The second-order valence-electron chi connectivity index (χ2n) is 16.0. The van der Waals surface area contributed by atoms with Gasteiger partial charge in [-0.1, -0.05) is 184 Å². The highest BCUT2D eigenvalue weighted by Crippen LogP contribution is 2.55. The van der Waals surface area contributed by atoms with Crippen molar-refractivity contribution < 1.29 is 0 Å². The van der Waals surface area contributed by atoms with Crippen LogP contribution in [-0.2, 0) is 5.41 Å². The van der Waals surface area contributed by atoms with Gasteiger partial charge in [0.1, 0.15) is 0 Å². The number of hydrogen-bond acceptors (Lipinski definition) is 1. The summed E-state index contributed by atoms with van der Waals surface area (Å²) in [5, 5.41) is 13.1. The second-order valence-corrected chi connectivity index (χ2v) is 17.0. The third-order valence-corrected chi connectivity index (χ3v) is 13.9. The summed E-state index contributed by atoms with van der Waals surface area (Å²) in [4.78, 5) is 0. The van der Waals surface area contributed by atoms with E-state index in [4.69, 9.17) is 0 Å². The van der Waals surface area contributed by atoms with E-state index in [-0.39, 0.29) is 5.41 Å². The second kappa shape index (κ2) is 11.7. The maximum atomic E-state index is 2.46. The molecule has 0 saturated carbocycles. The summed E-state index contributed by atoms with van der Waals surface area (Å²) in [6, 6.07) is 68.1. The number of fused-ring (bicyclic) bond motifs is 12. The zero-order valence-corrected chi connectivity index (χ0v) is 32.0. The van der Waals surface area contributed by atoms with Crippen molar-refractivity contribution in [3.05, 3.63) is 193 Å². The summed E-state index contributed by atoms with van der Waals surface area (Å²) in [6.45, 7) is 4.78. The minimum atomic E-state index is -0.0767. The minimum Gasteiger partial charge on any atom is -0.135 e. The van der Waals surface area contributed by atoms with Crippen LogP contribution < -0.4 is 0 Å². The highest BCUT2D eigenvalue weighted by molar-refractivity contribution is 7.26. The van der Waals surface area contributed by atoms with E-state index in [0.717, 1.165) is 0 Å². The van der Waals surface area contributed by atoms with Crippen LogP contribution in [0, 0.1) is 0 Å². The molecule has 0 amide bonds. The molecule has 11 aromatic rings. The first kappa shape index (κ1) is 31.8. The molecule has 10 aromatic carbocycles. The maximum absolute atomic E-state index is 2.46. The first-order valence-corrected chi connectivity index (χ1v) is 20.4. The van der Waals surface area contributed by atoms with Gasteiger partial charge in [-0.3, -0.25) is 0 Å². The average molecular weight is 729 g/mol. The Bertz CT molecular complexity index is 3370. The number of hydrogen-bond donors (Lipinski definition) is 0. The molecule has 1 aliphatic rings. The SMILES string of the molecule is CC1(C)c2ccc(-c3ccc(-c4c5ccccc5c(-c5cccc6ccccc56)c5ccccc45)cc3)cc2-c2c1ccc1sc3c4ccccc4ccc3c21. The van der Waals surface area contributed by atoms with Crippen molar-refractivity contribution in [3.8, 4) is 44.5 Å². The van der Waals surface area contributed by atoms with E-state index in [9.17, 15) is 0 Å². The lowest BCUT2D eigenvalue weighted by molar-refractivity contribution is 0.661. The predicted molar refractivity (Wildman–Crippen MR) is 243 cm³/mol. The van der Waals surface area contributed by atoms with Crippen LogP contribution in [0.5, 0.6) is 0 Å². The Balaban J connectivity index is 1.02. The zero-order valence-electron chi connectivity index (χ0n) is 31.2. The molecule has 0 spiro atoms. The van der Waals surface area contributed by atoms with Gasteiger partial charge in [0.15, 0.2) is 0 Å². The molecule has 262 valence electrons. The molecule has 1 aromatic heterocycles. The van der Waals surface area contributed by atoms with Crippen LogP contribution in [0.25, 0.3) is 108 Å². The van der Waals surface area contributed by atoms with Gasteiger partial charge in [-0.2, -0.15) is 0 Å². The molecule has 0 unspecified atom stereocenters. The van der Waals surface area contributed by atoms with Crippen LogP contribution in [0.1, 0.15) is 25.0 Å². The van der Waals surface area contributed by atoms with Crippen molar-refractivity contribution in [2.24, 2.45) is 0 Å². The molecule has 0 N–H and O–H groups in total. The summed E-state index contributed by atoms with van der Waals surface area (Å²) >= 11 is 1.93. The summed E-state index contributed by atoms with van der Waals surface area (Å²) in [5.74, 6) is 0. The van der Waals surface area contributed by atoms with E-state index >= 15 is 0 Å². The number of rotatable bonds is 3. The lowest BCUT2D eigenvalue weighted by Gasteiger charge is -2.21. The van der Waals surface area contributed by atoms with Crippen LogP contribution in [0.15, 0.2) is 182 Å². The van der Waals surface area contributed by atoms with E-state index in [0.29, 0.717) is 0 Å². The highest BCUT2D eigenvalue weighted by Gasteiger charge is 2.37. The Morgan fingerprint density at radius 2 is 0.911 bits per heavy atom. The van der Waals surface area contributed by atoms with Gasteiger partial charge >= 0.3 is 0 Å². The Kier molecular flexibility index (Phi) is 6.66. The van der Waals surface area contributed by atoms with E-state index < -0.39 is 0 Å². The molecular weight excluding hydrogens is 693 g/mol. The molecule has 0 radical (unpaired) electrons. The summed E-state index contributed by atoms with van der Waals surface area (Å²) in [6.07, 6.45) is 0. The topological polar surface area (TPSA) is 0 Å². The lowest BCUT2D eigenvalue weighted by atomic mass is 9.82. The van der Waals surface area contributed by atoms with Gasteiger partial charge in [-0.25, -0.2) is 0 Å². The van der Waals surface area contributed by atoms with Gasteiger partial charge in [-0.15, -0.1) is 11.3 Å². The fourth-order valence-corrected chi connectivity index (χ4v) is 11.3. The summed E-state index contributed by atoms with van der Waals surface area (Å²) < 4.78 is 2.74. The molecule has 1 heterocycles. The molecule has 12 rings (SSSR count). The summed E-state index contributed by atoms with van der Waals surface area (Å²) in [7, 11) is 0. The third kappa shape index (κ3) is 4.41. The van der Waals surface area contributed by atoms with Gasteiger partial charge in [0, 0.05) is 25.6 Å². The van der Waals surface area contributed by atoms with Crippen LogP contribution in [0.3, 0.4) is 0 Å². The van der Waals surface area contributed by atoms with Crippen molar-refractivity contribution in [1.82, 2.24) is 0 Å². The quantitative estimate of drug-likeness (QED) is 0.159. The zero-order chi connectivity index (χ0) is 37.1. The Morgan fingerprint density at radius 1 is 0.357 bits per heavy atom. The van der Waals surface area contributed by atoms with Gasteiger partial charge < -0.3 is 0 Å². The number of benzene rings is 10. The maximum Gasteiger partial charge on any atom is 0.0434 e. The van der Waals surface area contributed by atoms with Crippen molar-refractivity contribution in [2.75, 3.05) is 0 Å². The van der Waals surface area contributed by atoms with Crippen molar-refractivity contribution in [3.63, 3.8) is 0 Å². The van der Waals surface area contributed by atoms with Crippen LogP contribution in [0.4, 0.5) is 0 Å². The molecule has 1 heteroatoms. The molecular formula is C55H36S. The molecule has 0 fully saturated rings. The molecule has 0 bridgehead atoms. The van der Waals surface area contributed by atoms with Crippen LogP contribution >= 0.6 is 11.3 Å². The fraction of sp³-hybridized carbons (Fsp3) is 0.0545. The van der Waals surface area contributed by atoms with Gasteiger partial charge in [0.2, 0.25) is 0 Å². The van der Waals surface area contributed by atoms with Crippen molar-refractivity contribution >= 4 is 74.6 Å². The van der Waals surface area contributed by atoms with Crippen molar-refractivity contribution in [1.29, 1.82) is 0 Å². The standard InChI is InChI=1S/C55H36S/c1-55(2)47-29-27-37(32-46(47)52-48(55)30-31-49-53(52)45-28-26-35-13-4-6-16-39(35)54(45)56-49)33-22-24-36(25-23-33)50-41-17-7-9-19-43(41)51(44-20-10-8-18-42(44)50)40-21-11-14-34-12-3-5-15-38(34)40/h3-32H,1-2H3. The average Bonchev–Trinajstić information content (AvgIpc) is 3.74. The van der Waals surface area contributed by atoms with E-state index in [1.54, 1.807) is 0 Å². The van der Waals surface area contributed by atoms with E-state index in [1.165, 1.54) is 119 Å². The normalized spacial score (nSPS) is 13.3. The largest absolute Gasteiger partial charge is 0.135 e. The molecule has 1 aliphatic carbocycles. The molecule has 0 atom stereocenters. The number of thiophene rings is 1. The first-order chi connectivity index (χ1) is 27.5. The molecule has 0 nitrogen and oxygen atoms in total. The summed E-state index contributed by atoms with van der Waals surface area (Å²) in [5.41, 5.74) is 13.1. The Labute approximate surface area is 329 Å².